The van der Waals surface area contributed by atoms with Crippen LogP contribution < -0.4 is 0 Å². The number of hydrogen-bond donors (Lipinski definition) is 0. The van der Waals surface area contributed by atoms with Crippen molar-refractivity contribution in [2.24, 2.45) is 0 Å². The zero-order chi connectivity index (χ0) is 12.1. The normalized spacial score (nSPS) is 17.3. The van der Waals surface area contributed by atoms with E-state index in [-0.39, 0.29) is 5.82 Å². The molecule has 0 amide bonds. The standard InChI is InChI=1S/C14H20FNO/c1-12-11-14(15)5-4-13(12)3-2-6-16-7-9-17-10-8-16/h4-5,11H,2-3,6-10H2,1H3. The molecular weight excluding hydrogens is 217 g/mol. The van der Waals surface area contributed by atoms with E-state index >= 15 is 0 Å². The van der Waals surface area contributed by atoms with Gasteiger partial charge in [0.1, 0.15) is 5.82 Å². The van der Waals surface area contributed by atoms with Crippen molar-refractivity contribution in [3.05, 3.63) is 35.1 Å². The lowest BCUT2D eigenvalue weighted by molar-refractivity contribution is 0.0374. The average molecular weight is 237 g/mol. The quantitative estimate of drug-likeness (QED) is 0.797. The Kier molecular flexibility index (Phi) is 4.51. The van der Waals surface area contributed by atoms with E-state index in [2.05, 4.69) is 4.90 Å². The summed E-state index contributed by atoms with van der Waals surface area (Å²) in [6, 6.07) is 5.07. The van der Waals surface area contributed by atoms with Crippen molar-refractivity contribution in [3.63, 3.8) is 0 Å². The number of morpholine rings is 1. The number of aryl methyl sites for hydroxylation is 2. The molecule has 1 aromatic carbocycles. The Morgan fingerprint density at radius 1 is 1.29 bits per heavy atom. The average Bonchev–Trinajstić information content (AvgIpc) is 2.33. The Bertz CT molecular complexity index is 361. The molecule has 0 N–H and O–H groups in total. The molecule has 1 fully saturated rings. The highest BCUT2D eigenvalue weighted by Crippen LogP contribution is 2.12. The van der Waals surface area contributed by atoms with Gasteiger partial charge in [-0.1, -0.05) is 6.07 Å². The van der Waals surface area contributed by atoms with E-state index in [1.807, 2.05) is 13.0 Å². The van der Waals surface area contributed by atoms with Gasteiger partial charge < -0.3 is 4.74 Å². The minimum absolute atomic E-state index is 0.139. The van der Waals surface area contributed by atoms with Crippen molar-refractivity contribution in [2.45, 2.75) is 19.8 Å². The van der Waals surface area contributed by atoms with Gasteiger partial charge in [-0.3, -0.25) is 4.90 Å². The van der Waals surface area contributed by atoms with E-state index in [1.165, 1.54) is 5.56 Å². The zero-order valence-electron chi connectivity index (χ0n) is 10.4. The van der Waals surface area contributed by atoms with Crippen molar-refractivity contribution in [2.75, 3.05) is 32.8 Å². The van der Waals surface area contributed by atoms with Crippen LogP contribution in [0.1, 0.15) is 17.5 Å². The largest absolute Gasteiger partial charge is 0.379 e. The molecule has 0 aromatic heterocycles. The minimum atomic E-state index is -0.139. The van der Waals surface area contributed by atoms with E-state index in [0.29, 0.717) is 0 Å². The van der Waals surface area contributed by atoms with E-state index < -0.39 is 0 Å². The van der Waals surface area contributed by atoms with E-state index in [0.717, 1.165) is 51.3 Å². The summed E-state index contributed by atoms with van der Waals surface area (Å²) in [6.07, 6.45) is 2.16. The number of nitrogens with zero attached hydrogens (tertiary/aromatic N) is 1. The summed E-state index contributed by atoms with van der Waals surface area (Å²) < 4.78 is 18.3. The van der Waals surface area contributed by atoms with Gasteiger partial charge in [-0.25, -0.2) is 4.39 Å². The highest BCUT2D eigenvalue weighted by molar-refractivity contribution is 5.26. The first-order valence-corrected chi connectivity index (χ1v) is 6.31. The van der Waals surface area contributed by atoms with E-state index in [4.69, 9.17) is 4.74 Å². The maximum Gasteiger partial charge on any atom is 0.123 e. The summed E-state index contributed by atoms with van der Waals surface area (Å²) in [5, 5.41) is 0. The fraction of sp³-hybridized carbons (Fsp3) is 0.571. The summed E-state index contributed by atoms with van der Waals surface area (Å²) in [6.45, 7) is 6.89. The molecule has 17 heavy (non-hydrogen) atoms. The third-order valence-electron chi connectivity index (χ3n) is 3.33. The number of halogens is 1. The molecule has 2 nitrogen and oxygen atoms in total. The van der Waals surface area contributed by atoms with Gasteiger partial charge in [0.2, 0.25) is 0 Å². The summed E-state index contributed by atoms with van der Waals surface area (Å²) in [4.78, 5) is 2.43. The molecule has 3 heteroatoms. The van der Waals surface area contributed by atoms with Crippen molar-refractivity contribution in [3.8, 4) is 0 Å². The molecule has 1 heterocycles. The van der Waals surface area contributed by atoms with Crippen molar-refractivity contribution in [1.29, 1.82) is 0 Å². The second-order valence-corrected chi connectivity index (χ2v) is 4.63. The molecule has 1 aliphatic heterocycles. The van der Waals surface area contributed by atoms with Crippen LogP contribution in [0.25, 0.3) is 0 Å². The van der Waals surface area contributed by atoms with Crippen molar-refractivity contribution >= 4 is 0 Å². The maximum atomic E-state index is 12.9. The first kappa shape index (κ1) is 12.5. The van der Waals surface area contributed by atoms with E-state index in [9.17, 15) is 4.39 Å². The SMILES string of the molecule is Cc1cc(F)ccc1CCCN1CCOCC1. The Balaban J connectivity index is 1.77. The third-order valence-corrected chi connectivity index (χ3v) is 3.33. The first-order valence-electron chi connectivity index (χ1n) is 6.31. The number of rotatable bonds is 4. The lowest BCUT2D eigenvalue weighted by Crippen LogP contribution is -2.36. The van der Waals surface area contributed by atoms with Crippen molar-refractivity contribution < 1.29 is 9.13 Å². The molecule has 0 saturated carbocycles. The molecule has 1 saturated heterocycles. The van der Waals surface area contributed by atoms with Gasteiger partial charge in [0.05, 0.1) is 13.2 Å². The molecule has 0 radical (unpaired) electrons. The predicted octanol–water partition coefficient (Wildman–Crippen LogP) is 2.40. The summed E-state index contributed by atoms with van der Waals surface area (Å²) >= 11 is 0. The topological polar surface area (TPSA) is 12.5 Å². The molecule has 2 rings (SSSR count). The molecule has 94 valence electrons. The predicted molar refractivity (Wildman–Crippen MR) is 66.7 cm³/mol. The van der Waals surface area contributed by atoms with Crippen LogP contribution >= 0.6 is 0 Å². The number of benzene rings is 1. The second-order valence-electron chi connectivity index (χ2n) is 4.63. The maximum absolute atomic E-state index is 12.9. The third kappa shape index (κ3) is 3.79. The summed E-state index contributed by atoms with van der Waals surface area (Å²) in [5.41, 5.74) is 2.33. The van der Waals surface area contributed by atoms with Gasteiger partial charge >= 0.3 is 0 Å². The smallest absolute Gasteiger partial charge is 0.123 e. The molecule has 0 bridgehead atoms. The van der Waals surface area contributed by atoms with Crippen LogP contribution in [0.3, 0.4) is 0 Å². The Labute approximate surface area is 102 Å². The van der Waals surface area contributed by atoms with Crippen LogP contribution in [-0.2, 0) is 11.2 Å². The van der Waals surface area contributed by atoms with Crippen molar-refractivity contribution in [1.82, 2.24) is 4.90 Å². The van der Waals surface area contributed by atoms with Crippen LogP contribution in [0, 0.1) is 12.7 Å². The van der Waals surface area contributed by atoms with Crippen LogP contribution in [0.15, 0.2) is 18.2 Å². The lowest BCUT2D eigenvalue weighted by atomic mass is 10.0. The van der Waals surface area contributed by atoms with Gasteiger partial charge in [-0.2, -0.15) is 0 Å². The molecule has 0 atom stereocenters. The fourth-order valence-electron chi connectivity index (χ4n) is 2.26. The van der Waals surface area contributed by atoms with Crippen LogP contribution in [-0.4, -0.2) is 37.7 Å². The molecule has 1 aromatic rings. The highest BCUT2D eigenvalue weighted by atomic mass is 19.1. The van der Waals surface area contributed by atoms with Gasteiger partial charge in [0, 0.05) is 13.1 Å². The summed E-state index contributed by atoms with van der Waals surface area (Å²) in [5.74, 6) is -0.139. The van der Waals surface area contributed by atoms with Gasteiger partial charge in [-0.15, -0.1) is 0 Å². The molecular formula is C14H20FNO. The molecule has 0 aliphatic carbocycles. The molecule has 1 aliphatic rings. The summed E-state index contributed by atoms with van der Waals surface area (Å²) in [7, 11) is 0. The minimum Gasteiger partial charge on any atom is -0.379 e. The van der Waals surface area contributed by atoms with Crippen LogP contribution in [0.2, 0.25) is 0 Å². The lowest BCUT2D eigenvalue weighted by Gasteiger charge is -2.26. The Morgan fingerprint density at radius 2 is 2.06 bits per heavy atom. The van der Waals surface area contributed by atoms with E-state index in [1.54, 1.807) is 12.1 Å². The van der Waals surface area contributed by atoms with Gasteiger partial charge in [0.25, 0.3) is 0 Å². The molecule has 0 spiro atoms. The first-order chi connectivity index (χ1) is 8.25. The van der Waals surface area contributed by atoms with Gasteiger partial charge in [-0.05, 0) is 49.6 Å². The van der Waals surface area contributed by atoms with Gasteiger partial charge in [0.15, 0.2) is 0 Å². The fourth-order valence-corrected chi connectivity index (χ4v) is 2.26. The molecule has 0 unspecified atom stereocenters. The number of hydrogen-bond acceptors (Lipinski definition) is 2. The van der Waals surface area contributed by atoms with Crippen LogP contribution in [0.4, 0.5) is 4.39 Å². The zero-order valence-corrected chi connectivity index (χ0v) is 10.4. The Morgan fingerprint density at radius 3 is 2.76 bits per heavy atom. The Hall–Kier alpha value is -0.930. The monoisotopic (exact) mass is 237 g/mol. The number of ether oxygens (including phenoxy) is 1. The second kappa shape index (κ2) is 6.12. The van der Waals surface area contributed by atoms with Crippen LogP contribution in [0.5, 0.6) is 0 Å². The highest BCUT2D eigenvalue weighted by Gasteiger charge is 2.09.